The van der Waals surface area contributed by atoms with Gasteiger partial charge in [-0.05, 0) is 36.4 Å². The maximum Gasteiger partial charge on any atom is 0.224 e. The van der Waals surface area contributed by atoms with E-state index in [4.69, 9.17) is 21.1 Å². The van der Waals surface area contributed by atoms with Gasteiger partial charge in [-0.15, -0.1) is 11.3 Å². The molecule has 0 spiro atoms. The van der Waals surface area contributed by atoms with Crippen molar-refractivity contribution in [3.63, 3.8) is 0 Å². The minimum atomic E-state index is -0.266. The molecule has 1 N–H and O–H groups in total. The molecule has 0 bridgehead atoms. The van der Waals surface area contributed by atoms with Crippen molar-refractivity contribution in [1.82, 2.24) is 9.38 Å². The number of pyridine rings is 1. The molecule has 9 heteroatoms. The van der Waals surface area contributed by atoms with Gasteiger partial charge in [-0.3, -0.25) is 9.59 Å². The van der Waals surface area contributed by atoms with Gasteiger partial charge in [-0.2, -0.15) is 0 Å². The summed E-state index contributed by atoms with van der Waals surface area (Å²) in [6, 6.07) is 14.2. The lowest BCUT2D eigenvalue weighted by Gasteiger charge is -2.12. The third-order valence-electron chi connectivity index (χ3n) is 4.66. The highest BCUT2D eigenvalue weighted by atomic mass is 35.5. The fraction of sp³-hybridized carbons (Fsp3) is 0.174. The van der Waals surface area contributed by atoms with Gasteiger partial charge in [0.1, 0.15) is 12.3 Å². The number of halogens is 1. The number of imidazole rings is 1. The Balaban J connectivity index is 1.37. The predicted octanol–water partition coefficient (Wildman–Crippen LogP) is 5.24. The number of Topliss-reactive ketones (excluding diaryl/α,β-unsaturated/α-hetero) is 1. The van der Waals surface area contributed by atoms with Gasteiger partial charge >= 0.3 is 0 Å². The van der Waals surface area contributed by atoms with E-state index in [0.29, 0.717) is 26.4 Å². The maximum absolute atomic E-state index is 12.3. The number of nitrogens with zero attached hydrogens (tertiary/aromatic N) is 2. The highest BCUT2D eigenvalue weighted by molar-refractivity contribution is 7.18. The van der Waals surface area contributed by atoms with Crippen LogP contribution in [0.15, 0.2) is 60.9 Å². The van der Waals surface area contributed by atoms with Crippen LogP contribution in [0, 0.1) is 0 Å². The average molecular weight is 470 g/mol. The Morgan fingerprint density at radius 1 is 1.12 bits per heavy atom. The fourth-order valence-electron chi connectivity index (χ4n) is 3.11. The van der Waals surface area contributed by atoms with E-state index in [-0.39, 0.29) is 31.1 Å². The van der Waals surface area contributed by atoms with Crippen LogP contribution < -0.4 is 14.8 Å². The van der Waals surface area contributed by atoms with Gasteiger partial charge in [0.05, 0.1) is 22.0 Å². The van der Waals surface area contributed by atoms with Crippen molar-refractivity contribution >= 4 is 46.0 Å². The Bertz CT molecular complexity index is 1230. The molecule has 0 aliphatic carbocycles. The topological polar surface area (TPSA) is 81.9 Å². The number of nitrogens with one attached hydrogen (secondary N) is 1. The monoisotopic (exact) mass is 469 g/mol. The zero-order valence-electron chi connectivity index (χ0n) is 17.2. The molecule has 0 atom stereocenters. The lowest BCUT2D eigenvalue weighted by atomic mass is 10.2. The Labute approximate surface area is 193 Å². The molecule has 0 aliphatic rings. The van der Waals surface area contributed by atoms with Crippen LogP contribution in [0.5, 0.6) is 11.5 Å². The quantitative estimate of drug-likeness (QED) is 0.339. The van der Waals surface area contributed by atoms with Crippen molar-refractivity contribution < 1.29 is 19.1 Å². The summed E-state index contributed by atoms with van der Waals surface area (Å²) in [5.74, 6) is 0.643. The third-order valence-corrected chi connectivity index (χ3v) is 5.94. The predicted molar refractivity (Wildman–Crippen MR) is 124 cm³/mol. The van der Waals surface area contributed by atoms with Crippen LogP contribution in [0.1, 0.15) is 28.2 Å². The molecule has 0 unspecified atom stereocenters. The Kier molecular flexibility index (Phi) is 6.72. The number of hydrogen-bond donors (Lipinski definition) is 1. The smallest absolute Gasteiger partial charge is 0.224 e. The first-order chi connectivity index (χ1) is 15.5. The van der Waals surface area contributed by atoms with Crippen molar-refractivity contribution in [2.75, 3.05) is 12.4 Å². The molecule has 1 aromatic carbocycles. The number of carbonyl (C=O) groups excluding carboxylic acids is 2. The van der Waals surface area contributed by atoms with Gasteiger partial charge in [0.15, 0.2) is 17.3 Å². The summed E-state index contributed by atoms with van der Waals surface area (Å²) >= 11 is 7.07. The van der Waals surface area contributed by atoms with Gasteiger partial charge in [-0.1, -0.05) is 17.7 Å². The molecule has 7 nitrogen and oxygen atoms in total. The number of ether oxygens (including phenoxy) is 2. The normalized spacial score (nSPS) is 10.8. The fourth-order valence-corrected chi connectivity index (χ4v) is 4.12. The highest BCUT2D eigenvalue weighted by Gasteiger charge is 2.13. The average Bonchev–Trinajstić information content (AvgIpc) is 3.42. The molecule has 4 rings (SSSR count). The zero-order valence-corrected chi connectivity index (χ0v) is 18.8. The first-order valence-electron chi connectivity index (χ1n) is 9.83. The number of thiophene rings is 1. The molecule has 1 amide bonds. The molecule has 0 radical (unpaired) electrons. The van der Waals surface area contributed by atoms with Crippen LogP contribution in [0.25, 0.3) is 5.65 Å². The van der Waals surface area contributed by atoms with E-state index >= 15 is 0 Å². The van der Waals surface area contributed by atoms with Crippen molar-refractivity contribution in [3.8, 4) is 11.5 Å². The van der Waals surface area contributed by atoms with Crippen LogP contribution in [0.3, 0.4) is 0 Å². The number of ketones is 1. The highest BCUT2D eigenvalue weighted by Crippen LogP contribution is 2.31. The Morgan fingerprint density at radius 2 is 2.00 bits per heavy atom. The van der Waals surface area contributed by atoms with E-state index < -0.39 is 0 Å². The largest absolute Gasteiger partial charge is 0.493 e. The second-order valence-corrected chi connectivity index (χ2v) is 8.64. The van der Waals surface area contributed by atoms with Crippen molar-refractivity contribution in [2.24, 2.45) is 0 Å². The van der Waals surface area contributed by atoms with E-state index in [1.807, 2.05) is 35.0 Å². The van der Waals surface area contributed by atoms with E-state index in [2.05, 4.69) is 10.3 Å². The maximum atomic E-state index is 12.3. The molecular formula is C23H20ClN3O4S. The molecule has 0 saturated carbocycles. The number of fused-ring (bicyclic) bond motifs is 1. The third kappa shape index (κ3) is 5.27. The van der Waals surface area contributed by atoms with Crippen molar-refractivity contribution in [2.45, 2.75) is 19.4 Å². The van der Waals surface area contributed by atoms with E-state index in [0.717, 1.165) is 11.3 Å². The number of rotatable bonds is 9. The first kappa shape index (κ1) is 21.9. The van der Waals surface area contributed by atoms with E-state index in [9.17, 15) is 9.59 Å². The number of amides is 1. The molecule has 3 aromatic heterocycles. The lowest BCUT2D eigenvalue weighted by Crippen LogP contribution is -2.13. The molecule has 0 saturated heterocycles. The summed E-state index contributed by atoms with van der Waals surface area (Å²) < 4.78 is 13.7. The summed E-state index contributed by atoms with van der Waals surface area (Å²) in [7, 11) is 1.55. The van der Waals surface area contributed by atoms with Crippen molar-refractivity contribution in [3.05, 3.63) is 75.8 Å². The molecule has 0 fully saturated rings. The number of anilines is 1. The van der Waals surface area contributed by atoms with Crippen LogP contribution in [-0.4, -0.2) is 28.2 Å². The first-order valence-corrected chi connectivity index (χ1v) is 11.0. The Hall–Kier alpha value is -3.36. The summed E-state index contributed by atoms with van der Waals surface area (Å²) in [5.41, 5.74) is 2.14. The van der Waals surface area contributed by atoms with Gasteiger partial charge in [0, 0.05) is 37.0 Å². The summed E-state index contributed by atoms with van der Waals surface area (Å²) in [6.45, 7) is 0.243. The van der Waals surface area contributed by atoms with Crippen LogP contribution in [0.4, 0.5) is 5.69 Å². The molecule has 4 aromatic rings. The standard InChI is InChI=1S/C23H20ClN3O4S/c1-30-18-7-5-15(26-23(29)10-6-17(28)20-8-9-21(24)32-20)12-19(18)31-14-16-13-27-11-3-2-4-22(27)25-16/h2-5,7-9,11-13H,6,10,14H2,1H3,(H,26,29). The number of methoxy groups -OCH3 is 1. The molecule has 164 valence electrons. The Morgan fingerprint density at radius 3 is 2.75 bits per heavy atom. The molecule has 0 aliphatic heterocycles. The summed E-state index contributed by atoms with van der Waals surface area (Å²) in [5, 5.41) is 2.80. The number of aromatic nitrogens is 2. The lowest BCUT2D eigenvalue weighted by molar-refractivity contribution is -0.116. The van der Waals surface area contributed by atoms with Gasteiger partial charge in [-0.25, -0.2) is 4.98 Å². The van der Waals surface area contributed by atoms with Crippen molar-refractivity contribution in [1.29, 1.82) is 0 Å². The summed E-state index contributed by atoms with van der Waals surface area (Å²) in [4.78, 5) is 29.6. The van der Waals surface area contributed by atoms with Crippen LogP contribution in [-0.2, 0) is 11.4 Å². The minimum absolute atomic E-state index is 0.0673. The summed E-state index contributed by atoms with van der Waals surface area (Å²) in [6.07, 6.45) is 3.99. The van der Waals surface area contributed by atoms with E-state index in [1.165, 1.54) is 11.3 Å². The number of carbonyl (C=O) groups is 2. The van der Waals surface area contributed by atoms with Crippen LogP contribution >= 0.6 is 22.9 Å². The molecule has 32 heavy (non-hydrogen) atoms. The van der Waals surface area contributed by atoms with Gasteiger partial charge in [0.2, 0.25) is 5.91 Å². The zero-order chi connectivity index (χ0) is 22.5. The van der Waals surface area contributed by atoms with Crippen LogP contribution in [0.2, 0.25) is 4.34 Å². The van der Waals surface area contributed by atoms with Gasteiger partial charge < -0.3 is 19.2 Å². The second kappa shape index (κ2) is 9.84. The van der Waals surface area contributed by atoms with Gasteiger partial charge in [0.25, 0.3) is 0 Å². The number of benzene rings is 1. The molecule has 3 heterocycles. The van der Waals surface area contributed by atoms with E-state index in [1.54, 1.807) is 37.4 Å². The SMILES string of the molecule is COc1ccc(NC(=O)CCC(=O)c2ccc(Cl)s2)cc1OCc1cn2ccccc2n1. The minimum Gasteiger partial charge on any atom is -0.493 e. The molecular weight excluding hydrogens is 450 g/mol. The second-order valence-electron chi connectivity index (χ2n) is 6.93. The number of hydrogen-bond acceptors (Lipinski definition) is 6.